The molecule has 0 aliphatic carbocycles. The molecule has 0 bridgehead atoms. The second kappa shape index (κ2) is 13.4. The van der Waals surface area contributed by atoms with E-state index in [2.05, 4.69) is 10.5 Å². The SMILES string of the molecule is N=CC(=O)N(Cc1ccccc1)C[C@@H](N=O)C(Cc1ccccc1)NC(=O)OCc1ccccc1. The summed E-state index contributed by atoms with van der Waals surface area (Å²) in [5.41, 5.74) is 2.57. The van der Waals surface area contributed by atoms with Gasteiger partial charge in [0.15, 0.2) is 0 Å². The summed E-state index contributed by atoms with van der Waals surface area (Å²) in [6.07, 6.45) is 0.338. The zero-order chi connectivity index (χ0) is 24.9. The molecular formula is C27H28N4O4. The first kappa shape index (κ1) is 25.3. The topological polar surface area (TPSA) is 112 Å². The highest BCUT2D eigenvalue weighted by Gasteiger charge is 2.29. The summed E-state index contributed by atoms with van der Waals surface area (Å²) in [5.74, 6) is -0.549. The average molecular weight is 473 g/mol. The molecule has 3 aromatic rings. The zero-order valence-electron chi connectivity index (χ0n) is 19.2. The van der Waals surface area contributed by atoms with Crippen LogP contribution in [-0.4, -0.2) is 41.7 Å². The Morgan fingerprint density at radius 1 is 0.886 bits per heavy atom. The number of rotatable bonds is 12. The van der Waals surface area contributed by atoms with Crippen LogP contribution in [0.15, 0.2) is 96.2 Å². The molecule has 2 amide bonds. The number of amides is 2. The Kier molecular flexibility index (Phi) is 9.68. The van der Waals surface area contributed by atoms with Crippen molar-refractivity contribution in [2.45, 2.75) is 31.7 Å². The van der Waals surface area contributed by atoms with Gasteiger partial charge in [-0.2, -0.15) is 4.91 Å². The predicted octanol–water partition coefficient (Wildman–Crippen LogP) is 4.34. The van der Waals surface area contributed by atoms with Crippen molar-refractivity contribution >= 4 is 18.2 Å². The first-order chi connectivity index (χ1) is 17.1. The molecular weight excluding hydrogens is 444 g/mol. The maximum absolute atomic E-state index is 12.6. The first-order valence-electron chi connectivity index (χ1n) is 11.3. The van der Waals surface area contributed by atoms with Gasteiger partial charge in [0, 0.05) is 13.1 Å². The van der Waals surface area contributed by atoms with E-state index in [0.717, 1.165) is 16.7 Å². The summed E-state index contributed by atoms with van der Waals surface area (Å²) in [6.45, 7) is 0.219. The van der Waals surface area contributed by atoms with Crippen LogP contribution in [0.25, 0.3) is 0 Å². The van der Waals surface area contributed by atoms with Crippen molar-refractivity contribution in [2.75, 3.05) is 6.54 Å². The van der Waals surface area contributed by atoms with Crippen LogP contribution in [0, 0.1) is 10.3 Å². The maximum atomic E-state index is 12.6. The Bertz CT molecular complexity index is 1090. The summed E-state index contributed by atoms with van der Waals surface area (Å²) in [5, 5.41) is 13.5. The van der Waals surface area contributed by atoms with Gasteiger partial charge < -0.3 is 20.4 Å². The molecule has 0 saturated heterocycles. The number of benzene rings is 3. The number of carbonyl (C=O) groups excluding carboxylic acids is 2. The normalized spacial score (nSPS) is 12.1. The van der Waals surface area contributed by atoms with E-state index in [-0.39, 0.29) is 19.7 Å². The molecule has 3 aromatic carbocycles. The van der Waals surface area contributed by atoms with E-state index in [1.165, 1.54) is 4.90 Å². The number of nitroso groups, excluding NO2 is 1. The highest BCUT2D eigenvalue weighted by Crippen LogP contribution is 2.14. The smallest absolute Gasteiger partial charge is 0.407 e. The minimum atomic E-state index is -0.966. The number of nitrogens with zero attached hydrogens (tertiary/aromatic N) is 2. The van der Waals surface area contributed by atoms with Crippen molar-refractivity contribution in [1.29, 1.82) is 5.41 Å². The van der Waals surface area contributed by atoms with Crippen LogP contribution in [0.4, 0.5) is 4.79 Å². The Labute approximate surface area is 204 Å². The number of alkyl carbamates (subject to hydrolysis) is 1. The molecule has 0 aliphatic rings. The third-order valence-electron chi connectivity index (χ3n) is 5.47. The van der Waals surface area contributed by atoms with Crippen molar-refractivity contribution in [3.8, 4) is 0 Å². The van der Waals surface area contributed by atoms with E-state index >= 15 is 0 Å². The molecule has 0 aromatic heterocycles. The number of hydrogen-bond acceptors (Lipinski definition) is 6. The van der Waals surface area contributed by atoms with Crippen LogP contribution in [0.5, 0.6) is 0 Å². The monoisotopic (exact) mass is 472 g/mol. The minimum Gasteiger partial charge on any atom is -0.445 e. The summed E-state index contributed by atoms with van der Waals surface area (Å²) in [6, 6.07) is 26.2. The van der Waals surface area contributed by atoms with Gasteiger partial charge in [0.25, 0.3) is 5.91 Å². The van der Waals surface area contributed by atoms with Gasteiger partial charge >= 0.3 is 6.09 Å². The van der Waals surface area contributed by atoms with E-state index in [1.54, 1.807) is 0 Å². The van der Waals surface area contributed by atoms with Crippen molar-refractivity contribution in [2.24, 2.45) is 5.18 Å². The molecule has 8 heteroatoms. The van der Waals surface area contributed by atoms with Crippen molar-refractivity contribution < 1.29 is 14.3 Å². The van der Waals surface area contributed by atoms with Crippen LogP contribution in [-0.2, 0) is 29.1 Å². The summed E-state index contributed by atoms with van der Waals surface area (Å²) < 4.78 is 5.35. The molecule has 8 nitrogen and oxygen atoms in total. The molecule has 0 radical (unpaired) electrons. The van der Waals surface area contributed by atoms with E-state index in [0.29, 0.717) is 12.6 Å². The third-order valence-corrected chi connectivity index (χ3v) is 5.47. The molecule has 180 valence electrons. The van der Waals surface area contributed by atoms with Crippen LogP contribution >= 0.6 is 0 Å². The van der Waals surface area contributed by atoms with E-state index < -0.39 is 24.1 Å². The predicted molar refractivity (Wildman–Crippen MR) is 134 cm³/mol. The molecule has 0 saturated carbocycles. The van der Waals surface area contributed by atoms with Gasteiger partial charge in [-0.25, -0.2) is 4.79 Å². The van der Waals surface area contributed by atoms with Crippen LogP contribution in [0.2, 0.25) is 0 Å². The molecule has 3 rings (SSSR count). The Hall–Kier alpha value is -4.33. The molecule has 0 aliphatic heterocycles. The molecule has 1 unspecified atom stereocenters. The lowest BCUT2D eigenvalue weighted by molar-refractivity contribution is -0.124. The van der Waals surface area contributed by atoms with Gasteiger partial charge in [-0.3, -0.25) is 4.79 Å². The van der Waals surface area contributed by atoms with Gasteiger partial charge in [-0.1, -0.05) is 96.2 Å². The lowest BCUT2D eigenvalue weighted by Crippen LogP contribution is -2.49. The molecule has 0 heterocycles. The van der Waals surface area contributed by atoms with Crippen LogP contribution in [0.1, 0.15) is 16.7 Å². The third kappa shape index (κ3) is 8.19. The van der Waals surface area contributed by atoms with Gasteiger partial charge in [0.1, 0.15) is 12.6 Å². The van der Waals surface area contributed by atoms with Crippen LogP contribution < -0.4 is 5.32 Å². The second-order valence-electron chi connectivity index (χ2n) is 8.02. The second-order valence-corrected chi connectivity index (χ2v) is 8.02. The minimum absolute atomic E-state index is 0.0664. The molecule has 0 spiro atoms. The van der Waals surface area contributed by atoms with Crippen molar-refractivity contribution in [3.63, 3.8) is 0 Å². The number of hydrogen-bond donors (Lipinski definition) is 2. The van der Waals surface area contributed by atoms with Gasteiger partial charge in [0.05, 0.1) is 12.3 Å². The molecule has 0 fully saturated rings. The standard InChI is InChI=1S/C27H28N4O4/c28-17-26(32)31(18-22-12-6-2-7-13-22)19-25(30-34)24(16-21-10-4-1-5-11-21)29-27(33)35-20-23-14-8-3-9-15-23/h1-15,17,24-25,28H,16,18-20H2,(H,29,33)/t24?,25-/m1/s1. The average Bonchev–Trinajstić information content (AvgIpc) is 2.91. The molecule has 2 N–H and O–H groups in total. The fraction of sp³-hybridized carbons (Fsp3) is 0.222. The van der Waals surface area contributed by atoms with Gasteiger partial charge in [-0.05, 0) is 23.1 Å². The Balaban J connectivity index is 1.75. The van der Waals surface area contributed by atoms with E-state index in [9.17, 15) is 14.5 Å². The van der Waals surface area contributed by atoms with Crippen molar-refractivity contribution in [3.05, 3.63) is 113 Å². The number of nitrogens with one attached hydrogen (secondary N) is 2. The van der Waals surface area contributed by atoms with E-state index in [1.807, 2.05) is 91.0 Å². The largest absolute Gasteiger partial charge is 0.445 e. The highest BCUT2D eigenvalue weighted by atomic mass is 16.5. The maximum Gasteiger partial charge on any atom is 0.407 e. The van der Waals surface area contributed by atoms with Gasteiger partial charge in [0.2, 0.25) is 0 Å². The first-order valence-corrected chi connectivity index (χ1v) is 11.3. The van der Waals surface area contributed by atoms with Crippen molar-refractivity contribution in [1.82, 2.24) is 10.2 Å². The zero-order valence-corrected chi connectivity index (χ0v) is 19.2. The summed E-state index contributed by atoms with van der Waals surface area (Å²) in [4.78, 5) is 38.4. The van der Waals surface area contributed by atoms with E-state index in [4.69, 9.17) is 10.1 Å². The highest BCUT2D eigenvalue weighted by molar-refractivity contribution is 6.24. The van der Waals surface area contributed by atoms with Crippen LogP contribution in [0.3, 0.4) is 0 Å². The lowest BCUT2D eigenvalue weighted by atomic mass is 9.99. The quantitative estimate of drug-likeness (QED) is 0.302. The summed E-state index contributed by atoms with van der Waals surface area (Å²) >= 11 is 0. The molecule has 2 atom stereocenters. The van der Waals surface area contributed by atoms with Gasteiger partial charge in [-0.15, -0.1) is 0 Å². The Morgan fingerprint density at radius 3 is 1.97 bits per heavy atom. The Morgan fingerprint density at radius 2 is 1.43 bits per heavy atom. The molecule has 35 heavy (non-hydrogen) atoms. The fourth-order valence-electron chi connectivity index (χ4n) is 3.65. The number of ether oxygens (including phenoxy) is 1. The lowest BCUT2D eigenvalue weighted by Gasteiger charge is -2.28. The fourth-order valence-corrected chi connectivity index (χ4v) is 3.65. The number of carbonyl (C=O) groups is 2. The summed E-state index contributed by atoms with van der Waals surface area (Å²) in [7, 11) is 0.